The van der Waals surface area contributed by atoms with Gasteiger partial charge in [-0.15, -0.1) is 0 Å². The highest BCUT2D eigenvalue weighted by Crippen LogP contribution is 2.23. The standard InChI is InChI=1S/C21H24N2O4/c1-12-5-7-16(8-6-12)19(22-15(4)24)11-20(25)23-18-10-17(21(26)27)13(2)9-14(18)3/h5-10,19H,11H2,1-4H3,(H,22,24)(H,23,25)(H,26,27). The number of nitrogens with one attached hydrogen (secondary N) is 2. The Morgan fingerprint density at radius 1 is 1.00 bits per heavy atom. The van der Waals surface area contributed by atoms with Crippen molar-refractivity contribution in [3.05, 3.63) is 64.2 Å². The van der Waals surface area contributed by atoms with Crippen molar-refractivity contribution in [2.75, 3.05) is 5.32 Å². The van der Waals surface area contributed by atoms with Crippen LogP contribution in [-0.4, -0.2) is 22.9 Å². The molecule has 27 heavy (non-hydrogen) atoms. The molecule has 2 aromatic carbocycles. The molecule has 3 N–H and O–H groups in total. The Labute approximate surface area is 158 Å². The minimum atomic E-state index is -1.04. The topological polar surface area (TPSA) is 95.5 Å². The SMILES string of the molecule is CC(=O)NC(CC(=O)Nc1cc(C(=O)O)c(C)cc1C)c1ccc(C)cc1. The van der Waals surface area contributed by atoms with Crippen LogP contribution in [0.4, 0.5) is 5.69 Å². The maximum absolute atomic E-state index is 12.6. The first-order valence-electron chi connectivity index (χ1n) is 8.65. The second-order valence-corrected chi connectivity index (χ2v) is 6.70. The molecule has 142 valence electrons. The first-order valence-corrected chi connectivity index (χ1v) is 8.65. The van der Waals surface area contributed by atoms with Crippen molar-refractivity contribution in [2.45, 2.75) is 40.2 Å². The van der Waals surface area contributed by atoms with E-state index in [0.717, 1.165) is 16.7 Å². The Morgan fingerprint density at radius 3 is 2.19 bits per heavy atom. The van der Waals surface area contributed by atoms with Gasteiger partial charge < -0.3 is 15.7 Å². The number of aromatic carboxylic acids is 1. The van der Waals surface area contributed by atoms with Crippen LogP contribution < -0.4 is 10.6 Å². The number of carbonyl (C=O) groups is 3. The van der Waals surface area contributed by atoms with E-state index in [1.807, 2.05) is 31.2 Å². The second-order valence-electron chi connectivity index (χ2n) is 6.70. The van der Waals surface area contributed by atoms with Crippen LogP contribution in [0.25, 0.3) is 0 Å². The van der Waals surface area contributed by atoms with Crippen LogP contribution in [0.1, 0.15) is 52.0 Å². The Balaban J connectivity index is 2.20. The Morgan fingerprint density at radius 2 is 1.63 bits per heavy atom. The van der Waals surface area contributed by atoms with Gasteiger partial charge in [-0.3, -0.25) is 9.59 Å². The molecule has 0 aliphatic carbocycles. The lowest BCUT2D eigenvalue weighted by Gasteiger charge is -2.19. The van der Waals surface area contributed by atoms with Gasteiger partial charge >= 0.3 is 5.97 Å². The molecule has 0 saturated carbocycles. The van der Waals surface area contributed by atoms with Gasteiger partial charge in [0.2, 0.25) is 11.8 Å². The number of carboxylic acid groups (broad SMARTS) is 1. The molecular formula is C21H24N2O4. The van der Waals surface area contributed by atoms with Gasteiger partial charge in [-0.05, 0) is 43.5 Å². The average molecular weight is 368 g/mol. The third-order valence-corrected chi connectivity index (χ3v) is 4.32. The summed E-state index contributed by atoms with van der Waals surface area (Å²) in [6.07, 6.45) is 0.0400. The van der Waals surface area contributed by atoms with Gasteiger partial charge in [0.05, 0.1) is 18.0 Å². The van der Waals surface area contributed by atoms with Gasteiger partial charge in [0.25, 0.3) is 0 Å². The predicted octanol–water partition coefficient (Wildman–Crippen LogP) is 3.52. The summed E-state index contributed by atoms with van der Waals surface area (Å²) < 4.78 is 0. The van der Waals surface area contributed by atoms with Gasteiger partial charge in [0, 0.05) is 12.6 Å². The van der Waals surface area contributed by atoms with Gasteiger partial charge in [-0.1, -0.05) is 35.9 Å². The molecule has 2 rings (SSSR count). The molecule has 0 heterocycles. The van der Waals surface area contributed by atoms with Crippen LogP contribution in [-0.2, 0) is 9.59 Å². The third kappa shape index (κ3) is 5.41. The molecule has 0 aliphatic rings. The van der Waals surface area contributed by atoms with Gasteiger partial charge in [-0.25, -0.2) is 4.79 Å². The number of rotatable bonds is 6. The summed E-state index contributed by atoms with van der Waals surface area (Å²) in [6, 6.07) is 10.3. The number of carboxylic acids is 1. The van der Waals surface area contributed by atoms with E-state index in [4.69, 9.17) is 0 Å². The molecule has 1 unspecified atom stereocenters. The van der Waals surface area contributed by atoms with Crippen LogP contribution in [0.2, 0.25) is 0 Å². The van der Waals surface area contributed by atoms with E-state index in [1.165, 1.54) is 13.0 Å². The highest BCUT2D eigenvalue weighted by Gasteiger charge is 2.18. The lowest BCUT2D eigenvalue weighted by atomic mass is 10.0. The van der Waals surface area contributed by atoms with Gasteiger partial charge in [0.1, 0.15) is 0 Å². The molecule has 0 radical (unpaired) electrons. The molecule has 6 heteroatoms. The van der Waals surface area contributed by atoms with Crippen molar-refractivity contribution in [2.24, 2.45) is 0 Å². The number of anilines is 1. The predicted molar refractivity (Wildman–Crippen MR) is 104 cm³/mol. The van der Waals surface area contributed by atoms with Gasteiger partial charge in [-0.2, -0.15) is 0 Å². The molecule has 2 amide bonds. The zero-order valence-electron chi connectivity index (χ0n) is 15.9. The first kappa shape index (κ1) is 20.2. The fraction of sp³-hybridized carbons (Fsp3) is 0.286. The fourth-order valence-electron chi connectivity index (χ4n) is 2.90. The van der Waals surface area contributed by atoms with E-state index >= 15 is 0 Å². The molecule has 0 aromatic heterocycles. The molecule has 6 nitrogen and oxygen atoms in total. The van der Waals surface area contributed by atoms with Gasteiger partial charge in [0.15, 0.2) is 0 Å². The highest BCUT2D eigenvalue weighted by molar-refractivity contribution is 5.96. The first-order chi connectivity index (χ1) is 12.7. The van der Waals surface area contributed by atoms with Crippen molar-refractivity contribution in [3.8, 4) is 0 Å². The second kappa shape index (κ2) is 8.49. The Bertz CT molecular complexity index is 872. The molecule has 0 fully saturated rings. The summed E-state index contributed by atoms with van der Waals surface area (Å²) in [5.41, 5.74) is 3.92. The number of benzene rings is 2. The molecule has 0 aliphatic heterocycles. The van der Waals surface area contributed by atoms with Crippen LogP contribution in [0.15, 0.2) is 36.4 Å². The van der Waals surface area contributed by atoms with Crippen LogP contribution in [0, 0.1) is 20.8 Å². The minimum Gasteiger partial charge on any atom is -0.478 e. The quantitative estimate of drug-likeness (QED) is 0.727. The number of aryl methyl sites for hydroxylation is 3. The summed E-state index contributed by atoms with van der Waals surface area (Å²) in [5, 5.41) is 14.8. The minimum absolute atomic E-state index is 0.0400. The summed E-state index contributed by atoms with van der Waals surface area (Å²) in [4.78, 5) is 35.4. The summed E-state index contributed by atoms with van der Waals surface area (Å²) >= 11 is 0. The monoisotopic (exact) mass is 368 g/mol. The number of hydrogen-bond donors (Lipinski definition) is 3. The van der Waals surface area contributed by atoms with E-state index in [0.29, 0.717) is 11.3 Å². The molecule has 0 spiro atoms. The number of carbonyl (C=O) groups excluding carboxylic acids is 2. The number of hydrogen-bond acceptors (Lipinski definition) is 3. The molecule has 0 bridgehead atoms. The molecule has 1 atom stereocenters. The summed E-state index contributed by atoms with van der Waals surface area (Å²) in [6.45, 7) is 6.89. The van der Waals surface area contributed by atoms with Crippen molar-refractivity contribution < 1.29 is 19.5 Å². The average Bonchev–Trinajstić information content (AvgIpc) is 2.56. The maximum atomic E-state index is 12.6. The fourth-order valence-corrected chi connectivity index (χ4v) is 2.90. The zero-order valence-corrected chi connectivity index (χ0v) is 15.9. The van der Waals surface area contributed by atoms with Crippen LogP contribution in [0.3, 0.4) is 0 Å². The van der Waals surface area contributed by atoms with E-state index in [-0.39, 0.29) is 23.8 Å². The van der Waals surface area contributed by atoms with E-state index < -0.39 is 12.0 Å². The van der Waals surface area contributed by atoms with Crippen molar-refractivity contribution in [1.29, 1.82) is 0 Å². The largest absolute Gasteiger partial charge is 0.478 e. The van der Waals surface area contributed by atoms with E-state index in [1.54, 1.807) is 19.9 Å². The van der Waals surface area contributed by atoms with Crippen LogP contribution >= 0.6 is 0 Å². The normalized spacial score (nSPS) is 11.6. The highest BCUT2D eigenvalue weighted by atomic mass is 16.4. The summed E-state index contributed by atoms with van der Waals surface area (Å²) in [5.74, 6) is -1.58. The van der Waals surface area contributed by atoms with Crippen molar-refractivity contribution >= 4 is 23.5 Å². The smallest absolute Gasteiger partial charge is 0.336 e. The van der Waals surface area contributed by atoms with E-state index in [2.05, 4.69) is 10.6 Å². The van der Waals surface area contributed by atoms with E-state index in [9.17, 15) is 19.5 Å². The number of amides is 2. The maximum Gasteiger partial charge on any atom is 0.336 e. The molecular weight excluding hydrogens is 344 g/mol. The van der Waals surface area contributed by atoms with Crippen LogP contribution in [0.5, 0.6) is 0 Å². The molecule has 2 aromatic rings. The van der Waals surface area contributed by atoms with Crippen molar-refractivity contribution in [3.63, 3.8) is 0 Å². The van der Waals surface area contributed by atoms with Crippen molar-refractivity contribution in [1.82, 2.24) is 5.32 Å². The Hall–Kier alpha value is -3.15. The molecule has 0 saturated heterocycles. The lowest BCUT2D eigenvalue weighted by molar-refractivity contribution is -0.120. The zero-order chi connectivity index (χ0) is 20.1. The third-order valence-electron chi connectivity index (χ3n) is 4.32. The Kier molecular flexibility index (Phi) is 6.34. The lowest BCUT2D eigenvalue weighted by Crippen LogP contribution is -2.30. The summed E-state index contributed by atoms with van der Waals surface area (Å²) in [7, 11) is 0.